The third kappa shape index (κ3) is 6.89. The highest BCUT2D eigenvalue weighted by atomic mass is 32.2. The van der Waals surface area contributed by atoms with Crippen molar-refractivity contribution >= 4 is 11.8 Å². The second-order valence-electron chi connectivity index (χ2n) is 6.76. The van der Waals surface area contributed by atoms with E-state index in [9.17, 15) is 0 Å². The van der Waals surface area contributed by atoms with E-state index in [-0.39, 0.29) is 0 Å². The highest BCUT2D eigenvalue weighted by Crippen LogP contribution is 2.17. The molecule has 1 aromatic heterocycles. The van der Waals surface area contributed by atoms with Crippen molar-refractivity contribution in [2.75, 3.05) is 5.75 Å². The minimum absolute atomic E-state index is 1.01. The van der Waals surface area contributed by atoms with Gasteiger partial charge in [0.1, 0.15) is 18.3 Å². The lowest BCUT2D eigenvalue weighted by atomic mass is 10.1. The average Bonchev–Trinajstić information content (AvgIpc) is 3.07. The summed E-state index contributed by atoms with van der Waals surface area (Å²) in [6.45, 7) is 5.51. The quantitative estimate of drug-likeness (QED) is 0.301. The van der Waals surface area contributed by atoms with Gasteiger partial charge < -0.3 is 0 Å². The van der Waals surface area contributed by atoms with Crippen molar-refractivity contribution in [2.45, 2.75) is 77.6 Å². The van der Waals surface area contributed by atoms with E-state index in [2.05, 4.69) is 77.5 Å². The molecule has 0 aliphatic rings. The van der Waals surface area contributed by atoms with Crippen molar-refractivity contribution in [3.8, 4) is 11.4 Å². The summed E-state index contributed by atoms with van der Waals surface area (Å²) >= 11 is 2.06. The molecular formula is C22H35N2S+. The Hall–Kier alpha value is -1.22. The maximum Gasteiger partial charge on any atom is 0.289 e. The zero-order valence-electron chi connectivity index (χ0n) is 16.1. The second-order valence-corrected chi connectivity index (χ2v) is 7.83. The standard InChI is InChI=1S/C22H35N2S/c1-3-5-6-7-8-9-10-14-19-25-20-24-18-17-23(4-2)22(24)21-15-12-11-13-16-21/h11-13,15-18H,3-10,14,19-20H2,1-2H3/q+1. The van der Waals surface area contributed by atoms with Gasteiger partial charge in [-0.3, -0.25) is 0 Å². The van der Waals surface area contributed by atoms with Crippen LogP contribution in [-0.4, -0.2) is 10.3 Å². The Morgan fingerprint density at radius 2 is 1.56 bits per heavy atom. The smallest absolute Gasteiger partial charge is 0.230 e. The third-order valence-electron chi connectivity index (χ3n) is 4.72. The number of hydrogen-bond acceptors (Lipinski definition) is 1. The highest BCUT2D eigenvalue weighted by Gasteiger charge is 2.17. The fourth-order valence-electron chi connectivity index (χ4n) is 3.25. The largest absolute Gasteiger partial charge is 0.289 e. The van der Waals surface area contributed by atoms with Gasteiger partial charge in [-0.25, -0.2) is 9.13 Å². The monoisotopic (exact) mass is 359 g/mol. The Balaban J connectivity index is 1.70. The number of nitrogens with zero attached hydrogens (tertiary/aromatic N) is 2. The van der Waals surface area contributed by atoms with E-state index in [4.69, 9.17) is 0 Å². The molecule has 0 amide bonds. The van der Waals surface area contributed by atoms with E-state index in [0.29, 0.717) is 0 Å². The van der Waals surface area contributed by atoms with Crippen LogP contribution in [0.25, 0.3) is 11.4 Å². The first-order valence-electron chi connectivity index (χ1n) is 10.1. The van der Waals surface area contributed by atoms with Crippen molar-refractivity contribution in [2.24, 2.45) is 0 Å². The van der Waals surface area contributed by atoms with Gasteiger partial charge in [0.15, 0.2) is 0 Å². The first kappa shape index (κ1) is 20.1. The summed E-state index contributed by atoms with van der Waals surface area (Å²) in [5.74, 6) is 3.65. The van der Waals surface area contributed by atoms with Crippen molar-refractivity contribution in [1.29, 1.82) is 0 Å². The van der Waals surface area contributed by atoms with Gasteiger partial charge in [-0.2, -0.15) is 0 Å². The zero-order chi connectivity index (χ0) is 17.7. The maximum absolute atomic E-state index is 2.40. The molecule has 0 radical (unpaired) electrons. The van der Waals surface area contributed by atoms with Crippen LogP contribution in [0.4, 0.5) is 0 Å². The van der Waals surface area contributed by atoms with E-state index in [0.717, 1.165) is 12.4 Å². The van der Waals surface area contributed by atoms with Crippen molar-refractivity contribution in [1.82, 2.24) is 4.57 Å². The number of hydrogen-bond donors (Lipinski definition) is 0. The molecule has 0 N–H and O–H groups in total. The minimum atomic E-state index is 1.01. The maximum atomic E-state index is 2.40. The fourth-order valence-corrected chi connectivity index (χ4v) is 4.19. The lowest BCUT2D eigenvalue weighted by Gasteiger charge is -2.05. The van der Waals surface area contributed by atoms with Gasteiger partial charge in [-0.15, -0.1) is 11.8 Å². The number of aryl methyl sites for hydroxylation is 1. The van der Waals surface area contributed by atoms with Crippen LogP contribution in [0.2, 0.25) is 0 Å². The lowest BCUT2D eigenvalue weighted by molar-refractivity contribution is -0.664. The first-order chi connectivity index (χ1) is 12.4. The summed E-state index contributed by atoms with van der Waals surface area (Å²) in [5.41, 5.74) is 1.31. The number of benzene rings is 1. The second kappa shape index (κ2) is 12.2. The third-order valence-corrected chi connectivity index (χ3v) is 5.75. The summed E-state index contributed by atoms with van der Waals surface area (Å²) < 4.78 is 4.74. The van der Waals surface area contributed by atoms with Crippen LogP contribution in [0.5, 0.6) is 0 Å². The summed E-state index contributed by atoms with van der Waals surface area (Å²) in [6, 6.07) is 10.8. The van der Waals surface area contributed by atoms with Crippen LogP contribution in [0.1, 0.15) is 65.2 Å². The SMILES string of the molecule is CCCCCCCCCCSC[n+]1ccn(CC)c1-c1ccccc1. The summed E-state index contributed by atoms with van der Waals surface area (Å²) in [7, 11) is 0. The van der Waals surface area contributed by atoms with E-state index >= 15 is 0 Å². The molecule has 1 aromatic carbocycles. The Labute approximate surface area is 158 Å². The van der Waals surface area contributed by atoms with Gasteiger partial charge in [0.25, 0.3) is 5.82 Å². The molecule has 1 heterocycles. The topological polar surface area (TPSA) is 8.81 Å². The summed E-state index contributed by atoms with van der Waals surface area (Å²) in [5, 5.41) is 0. The Morgan fingerprint density at radius 1 is 0.880 bits per heavy atom. The van der Waals surface area contributed by atoms with E-state index in [1.54, 1.807) is 0 Å². The molecule has 0 saturated carbocycles. The molecule has 0 aliphatic carbocycles. The van der Waals surface area contributed by atoms with Crippen LogP contribution < -0.4 is 4.57 Å². The molecule has 0 spiro atoms. The number of thioether (sulfide) groups is 1. The molecule has 0 fully saturated rings. The molecule has 0 aliphatic heterocycles. The summed E-state index contributed by atoms with van der Waals surface area (Å²) in [4.78, 5) is 0. The van der Waals surface area contributed by atoms with Crippen molar-refractivity contribution in [3.63, 3.8) is 0 Å². The van der Waals surface area contributed by atoms with E-state index < -0.39 is 0 Å². The fraction of sp³-hybridized carbons (Fsp3) is 0.591. The summed E-state index contributed by atoms with van der Waals surface area (Å²) in [6.07, 6.45) is 15.6. The molecule has 2 rings (SSSR count). The molecule has 138 valence electrons. The molecule has 2 nitrogen and oxygen atoms in total. The molecule has 0 unspecified atom stereocenters. The van der Waals surface area contributed by atoms with Gasteiger partial charge in [0.2, 0.25) is 0 Å². The lowest BCUT2D eigenvalue weighted by Crippen LogP contribution is -2.33. The van der Waals surface area contributed by atoms with Crippen molar-refractivity contribution in [3.05, 3.63) is 42.7 Å². The van der Waals surface area contributed by atoms with E-state index in [1.807, 2.05) is 0 Å². The molecule has 2 aromatic rings. The van der Waals surface area contributed by atoms with Crippen molar-refractivity contribution < 1.29 is 4.57 Å². The van der Waals surface area contributed by atoms with Crippen LogP contribution in [0.3, 0.4) is 0 Å². The normalized spacial score (nSPS) is 11.1. The van der Waals surface area contributed by atoms with Gasteiger partial charge in [-0.1, -0.05) is 70.1 Å². The highest BCUT2D eigenvalue weighted by molar-refractivity contribution is 7.98. The van der Waals surface area contributed by atoms with Gasteiger partial charge in [-0.05, 0) is 31.2 Å². The van der Waals surface area contributed by atoms with Crippen LogP contribution in [-0.2, 0) is 12.4 Å². The minimum Gasteiger partial charge on any atom is -0.230 e. The predicted octanol–water partition coefficient (Wildman–Crippen LogP) is 6.29. The zero-order valence-corrected chi connectivity index (χ0v) is 16.9. The molecule has 0 saturated heterocycles. The average molecular weight is 360 g/mol. The molecule has 3 heteroatoms. The molecule has 0 atom stereocenters. The molecular weight excluding hydrogens is 324 g/mol. The Morgan fingerprint density at radius 3 is 2.24 bits per heavy atom. The number of imidazole rings is 1. The number of aromatic nitrogens is 2. The van der Waals surface area contributed by atoms with Gasteiger partial charge in [0.05, 0.1) is 12.1 Å². The predicted molar refractivity (Wildman–Crippen MR) is 111 cm³/mol. The Kier molecular flexibility index (Phi) is 9.79. The first-order valence-corrected chi connectivity index (χ1v) is 11.2. The number of unbranched alkanes of at least 4 members (excludes halogenated alkanes) is 7. The van der Waals surface area contributed by atoms with E-state index in [1.165, 1.54) is 68.5 Å². The molecule has 25 heavy (non-hydrogen) atoms. The van der Waals surface area contributed by atoms with Gasteiger partial charge >= 0.3 is 0 Å². The Bertz CT molecular complexity index is 577. The number of rotatable bonds is 13. The van der Waals surface area contributed by atoms with Crippen LogP contribution in [0, 0.1) is 0 Å². The van der Waals surface area contributed by atoms with Crippen LogP contribution in [0.15, 0.2) is 42.7 Å². The van der Waals surface area contributed by atoms with Crippen LogP contribution >= 0.6 is 11.8 Å². The van der Waals surface area contributed by atoms with Gasteiger partial charge in [0, 0.05) is 0 Å². The molecule has 0 bridgehead atoms.